The fourth-order valence-electron chi connectivity index (χ4n) is 4.68. The van der Waals surface area contributed by atoms with Crippen LogP contribution < -0.4 is 0 Å². The lowest BCUT2D eigenvalue weighted by Crippen LogP contribution is -2.38. The van der Waals surface area contributed by atoms with Crippen LogP contribution in [0.1, 0.15) is 38.3 Å². The van der Waals surface area contributed by atoms with Gasteiger partial charge in [-0.25, -0.2) is 9.37 Å². The van der Waals surface area contributed by atoms with E-state index >= 15 is 0 Å². The molecule has 0 aliphatic rings. The molecule has 0 saturated carbocycles. The van der Waals surface area contributed by atoms with Crippen molar-refractivity contribution in [1.29, 1.82) is 5.26 Å². The van der Waals surface area contributed by atoms with Gasteiger partial charge in [-0.2, -0.15) is 5.26 Å². The molecule has 178 valence electrons. The molecule has 0 radical (unpaired) electrons. The summed E-state index contributed by atoms with van der Waals surface area (Å²) in [5.74, 6) is -1.09. The number of hydrogen-bond acceptors (Lipinski definition) is 3. The lowest BCUT2D eigenvalue weighted by Gasteiger charge is -2.38. The highest BCUT2D eigenvalue weighted by atomic mass is 19.1. The van der Waals surface area contributed by atoms with E-state index in [0.717, 1.165) is 22.8 Å². The number of ketones is 1. The monoisotopic (exact) mass is 483 g/mol. The number of allylic oxidation sites excluding steroid dienone is 1. The molecule has 5 aromatic rings. The van der Waals surface area contributed by atoms with E-state index in [1.807, 2.05) is 54.6 Å². The minimum absolute atomic E-state index is 0.100. The molecule has 1 heterocycles. The molecule has 0 spiro atoms. The van der Waals surface area contributed by atoms with Crippen LogP contribution >= 0.6 is 0 Å². The van der Waals surface area contributed by atoms with Crippen LogP contribution in [0.5, 0.6) is 0 Å². The number of imidazole rings is 1. The topological polar surface area (TPSA) is 58.7 Å². The number of hydrogen-bond donors (Lipinski definition) is 0. The van der Waals surface area contributed by atoms with E-state index in [1.54, 1.807) is 24.7 Å². The molecule has 0 aliphatic carbocycles. The zero-order valence-corrected chi connectivity index (χ0v) is 19.8. The van der Waals surface area contributed by atoms with Crippen LogP contribution in [0.2, 0.25) is 0 Å². The van der Waals surface area contributed by atoms with Crippen LogP contribution in [-0.4, -0.2) is 15.3 Å². The Morgan fingerprint density at radius 3 is 1.86 bits per heavy atom. The zero-order valence-electron chi connectivity index (χ0n) is 19.8. The van der Waals surface area contributed by atoms with Gasteiger partial charge in [0.2, 0.25) is 0 Å². The molecule has 5 heteroatoms. The van der Waals surface area contributed by atoms with Crippen LogP contribution in [-0.2, 0) is 5.54 Å². The van der Waals surface area contributed by atoms with Crippen molar-refractivity contribution in [3.05, 3.63) is 167 Å². The molecule has 0 unspecified atom stereocenters. The normalized spacial score (nSPS) is 11.4. The summed E-state index contributed by atoms with van der Waals surface area (Å²) in [4.78, 5) is 17.4. The first-order valence-electron chi connectivity index (χ1n) is 11.8. The van der Waals surface area contributed by atoms with E-state index in [0.29, 0.717) is 5.69 Å². The molecular weight excluding hydrogens is 461 g/mol. The number of nitriles is 1. The van der Waals surface area contributed by atoms with Crippen molar-refractivity contribution in [3.8, 4) is 6.07 Å². The maximum Gasteiger partial charge on any atom is 0.186 e. The summed E-state index contributed by atoms with van der Waals surface area (Å²) in [6, 6.07) is 36.1. The fourth-order valence-corrected chi connectivity index (χ4v) is 4.68. The summed E-state index contributed by atoms with van der Waals surface area (Å²) >= 11 is 0. The molecule has 0 atom stereocenters. The highest BCUT2D eigenvalue weighted by Gasteiger charge is 2.39. The van der Waals surface area contributed by atoms with Gasteiger partial charge in [0.25, 0.3) is 0 Å². The Morgan fingerprint density at radius 2 is 1.38 bits per heavy atom. The quantitative estimate of drug-likeness (QED) is 0.148. The van der Waals surface area contributed by atoms with Crippen LogP contribution in [0.15, 0.2) is 128 Å². The second-order valence-corrected chi connectivity index (χ2v) is 8.50. The van der Waals surface area contributed by atoms with Gasteiger partial charge < -0.3 is 4.57 Å². The maximum absolute atomic E-state index is 14.1. The molecule has 4 nitrogen and oxygen atoms in total. The Hall–Kier alpha value is -5.08. The van der Waals surface area contributed by atoms with Crippen LogP contribution in [0.4, 0.5) is 4.39 Å². The third kappa shape index (κ3) is 4.37. The molecule has 0 aliphatic heterocycles. The standard InChI is InChI=1S/C32H22FN3O/c33-30-20-24(16-17-25(30)21-34)31(37)19-18-29-22-35-23-36(29)32(26-10-4-1-5-11-26,27-12-6-2-7-13-27)28-14-8-3-9-15-28/h1-20,22-23H. The second kappa shape index (κ2) is 10.3. The third-order valence-electron chi connectivity index (χ3n) is 6.38. The molecule has 0 amide bonds. The Labute approximate surface area is 214 Å². The lowest BCUT2D eigenvalue weighted by molar-refractivity contribution is 0.104. The number of benzene rings is 4. The van der Waals surface area contributed by atoms with E-state index in [4.69, 9.17) is 5.26 Å². The molecule has 4 aromatic carbocycles. The maximum atomic E-state index is 14.1. The fraction of sp³-hybridized carbons (Fsp3) is 0.0312. The number of halogens is 1. The van der Waals surface area contributed by atoms with E-state index in [2.05, 4.69) is 45.9 Å². The Balaban J connectivity index is 1.68. The molecule has 1 aromatic heterocycles. The summed E-state index contributed by atoms with van der Waals surface area (Å²) in [6.45, 7) is 0. The van der Waals surface area contributed by atoms with Crippen molar-refractivity contribution in [2.24, 2.45) is 0 Å². The molecule has 37 heavy (non-hydrogen) atoms. The van der Waals surface area contributed by atoms with Gasteiger partial charge >= 0.3 is 0 Å². The van der Waals surface area contributed by atoms with Gasteiger partial charge in [0.1, 0.15) is 17.4 Å². The predicted octanol–water partition coefficient (Wildman–Crippen LogP) is 6.63. The van der Waals surface area contributed by atoms with Gasteiger partial charge in [0.15, 0.2) is 5.78 Å². The molecule has 5 rings (SSSR count). The van der Waals surface area contributed by atoms with Gasteiger partial charge in [-0.15, -0.1) is 0 Å². The highest BCUT2D eigenvalue weighted by Crippen LogP contribution is 2.41. The smallest absolute Gasteiger partial charge is 0.186 e. The number of carbonyl (C=O) groups excluding carboxylic acids is 1. The van der Waals surface area contributed by atoms with Gasteiger partial charge in [-0.05, 0) is 47.0 Å². The first-order valence-corrected chi connectivity index (χ1v) is 11.8. The average molecular weight is 484 g/mol. The molecule has 0 bridgehead atoms. The van der Waals surface area contributed by atoms with Crippen LogP contribution in [0.25, 0.3) is 6.08 Å². The summed E-state index contributed by atoms with van der Waals surface area (Å²) in [5.41, 5.74) is 3.07. The number of nitrogens with zero attached hydrogens (tertiary/aromatic N) is 3. The number of carbonyl (C=O) groups is 1. The van der Waals surface area contributed by atoms with E-state index in [1.165, 1.54) is 18.2 Å². The molecule has 0 saturated heterocycles. The minimum atomic E-state index is -0.774. The average Bonchev–Trinajstić information content (AvgIpc) is 3.43. The molecular formula is C32H22FN3O. The van der Waals surface area contributed by atoms with Gasteiger partial charge in [-0.1, -0.05) is 91.0 Å². The molecule has 0 fully saturated rings. The van der Waals surface area contributed by atoms with Crippen LogP contribution in [0, 0.1) is 17.1 Å². The first-order chi connectivity index (χ1) is 18.1. The van der Waals surface area contributed by atoms with E-state index in [9.17, 15) is 9.18 Å². The van der Waals surface area contributed by atoms with Crippen molar-refractivity contribution < 1.29 is 9.18 Å². The number of aromatic nitrogens is 2. The Kier molecular flexibility index (Phi) is 6.56. The summed E-state index contributed by atoms with van der Waals surface area (Å²) in [6.07, 6.45) is 6.56. The first kappa shape index (κ1) is 23.7. The van der Waals surface area contributed by atoms with Gasteiger partial charge in [0, 0.05) is 5.56 Å². The van der Waals surface area contributed by atoms with Gasteiger partial charge in [0.05, 0.1) is 23.8 Å². The second-order valence-electron chi connectivity index (χ2n) is 8.50. The number of rotatable bonds is 7. The SMILES string of the molecule is N#Cc1ccc(C(=O)C=Cc2cncn2C(c2ccccc2)(c2ccccc2)c2ccccc2)cc1F. The van der Waals surface area contributed by atoms with Crippen LogP contribution in [0.3, 0.4) is 0 Å². The Bertz CT molecular complexity index is 1500. The predicted molar refractivity (Wildman–Crippen MR) is 141 cm³/mol. The van der Waals surface area contributed by atoms with E-state index in [-0.39, 0.29) is 16.9 Å². The molecule has 0 N–H and O–H groups in total. The van der Waals surface area contributed by atoms with Gasteiger partial charge in [-0.3, -0.25) is 4.79 Å². The summed E-state index contributed by atoms with van der Waals surface area (Å²) < 4.78 is 16.1. The van der Waals surface area contributed by atoms with Crippen molar-refractivity contribution >= 4 is 11.9 Å². The Morgan fingerprint density at radius 1 is 0.838 bits per heavy atom. The lowest BCUT2D eigenvalue weighted by atomic mass is 9.76. The summed E-state index contributed by atoms with van der Waals surface area (Å²) in [5, 5.41) is 8.97. The van der Waals surface area contributed by atoms with Crippen molar-refractivity contribution in [2.45, 2.75) is 5.54 Å². The van der Waals surface area contributed by atoms with Crippen molar-refractivity contribution in [3.63, 3.8) is 0 Å². The van der Waals surface area contributed by atoms with Crippen molar-refractivity contribution in [1.82, 2.24) is 9.55 Å². The highest BCUT2D eigenvalue weighted by molar-refractivity contribution is 6.06. The van der Waals surface area contributed by atoms with E-state index < -0.39 is 11.4 Å². The minimum Gasteiger partial charge on any atom is -0.312 e. The largest absolute Gasteiger partial charge is 0.312 e. The third-order valence-corrected chi connectivity index (χ3v) is 6.38. The zero-order chi connectivity index (χ0) is 25.7. The van der Waals surface area contributed by atoms with Crippen molar-refractivity contribution in [2.75, 3.05) is 0 Å². The summed E-state index contributed by atoms with van der Waals surface area (Å²) in [7, 11) is 0.